The minimum Gasteiger partial charge on any atom is -0.462 e. The fourth-order valence-electron chi connectivity index (χ4n) is 4.87. The van der Waals surface area contributed by atoms with Crippen LogP contribution in [0.3, 0.4) is 0 Å². The summed E-state index contributed by atoms with van der Waals surface area (Å²) >= 11 is 0. The van der Waals surface area contributed by atoms with Crippen LogP contribution < -0.4 is 5.56 Å². The Kier molecular flexibility index (Phi) is 5.49. The average molecular weight is 484 g/mol. The molecule has 3 aromatic heterocycles. The van der Waals surface area contributed by atoms with Gasteiger partial charge in [-0.3, -0.25) is 13.9 Å². The normalized spacial score (nSPS) is 15.8. The summed E-state index contributed by atoms with van der Waals surface area (Å²) in [7, 11) is 0. The van der Waals surface area contributed by atoms with E-state index in [2.05, 4.69) is 0 Å². The van der Waals surface area contributed by atoms with Crippen LogP contribution in [0.5, 0.6) is 0 Å². The topological polar surface area (TPSA) is 101 Å². The first-order valence-corrected chi connectivity index (χ1v) is 12.1. The van der Waals surface area contributed by atoms with Crippen molar-refractivity contribution in [2.75, 3.05) is 13.2 Å². The second kappa shape index (κ2) is 8.83. The molecule has 1 aliphatic rings. The third-order valence-corrected chi connectivity index (χ3v) is 6.58. The van der Waals surface area contributed by atoms with Crippen molar-refractivity contribution in [3.63, 3.8) is 0 Å². The summed E-state index contributed by atoms with van der Waals surface area (Å²) in [5.41, 5.74) is 3.69. The minimum absolute atomic E-state index is 0.0119. The molecule has 0 saturated carbocycles. The molecule has 0 spiro atoms. The van der Waals surface area contributed by atoms with Crippen LogP contribution in [-0.2, 0) is 16.0 Å². The van der Waals surface area contributed by atoms with E-state index in [9.17, 15) is 9.59 Å². The highest BCUT2D eigenvalue weighted by atomic mass is 16.5. The lowest BCUT2D eigenvalue weighted by Gasteiger charge is -2.14. The van der Waals surface area contributed by atoms with E-state index in [0.717, 1.165) is 12.8 Å². The number of nitrogens with zero attached hydrogens (tertiary/aromatic N) is 5. The molecule has 1 aliphatic heterocycles. The lowest BCUT2D eigenvalue weighted by atomic mass is 10.2. The molecule has 0 N–H and O–H groups in total. The molecule has 0 aliphatic carbocycles. The maximum Gasteiger partial charge on any atom is 0.338 e. The first-order chi connectivity index (χ1) is 17.5. The number of hydrogen-bond acceptors (Lipinski definition) is 7. The van der Waals surface area contributed by atoms with Crippen LogP contribution in [0.1, 0.15) is 35.9 Å². The molecule has 4 heterocycles. The van der Waals surface area contributed by atoms with Crippen LogP contribution in [-0.4, -0.2) is 49.4 Å². The molecule has 2 aromatic carbocycles. The predicted octanol–water partition coefficient (Wildman–Crippen LogP) is 3.95. The predicted molar refractivity (Wildman–Crippen MR) is 136 cm³/mol. The second-order valence-corrected chi connectivity index (χ2v) is 8.90. The van der Waals surface area contributed by atoms with E-state index in [0.29, 0.717) is 63.5 Å². The molecule has 182 valence electrons. The first-order valence-electron chi connectivity index (χ1n) is 12.1. The van der Waals surface area contributed by atoms with Gasteiger partial charge in [0.1, 0.15) is 16.7 Å². The molecule has 1 saturated heterocycles. The van der Waals surface area contributed by atoms with E-state index >= 15 is 0 Å². The molecule has 36 heavy (non-hydrogen) atoms. The molecule has 5 aromatic rings. The molecular formula is C27H25N5O4. The van der Waals surface area contributed by atoms with Gasteiger partial charge < -0.3 is 9.47 Å². The van der Waals surface area contributed by atoms with Gasteiger partial charge >= 0.3 is 5.97 Å². The molecule has 1 fully saturated rings. The second-order valence-electron chi connectivity index (χ2n) is 8.90. The Morgan fingerprint density at radius 2 is 1.89 bits per heavy atom. The van der Waals surface area contributed by atoms with E-state index in [4.69, 9.17) is 24.4 Å². The van der Waals surface area contributed by atoms with Gasteiger partial charge in [-0.1, -0.05) is 18.2 Å². The van der Waals surface area contributed by atoms with Gasteiger partial charge in [-0.05, 0) is 57.0 Å². The number of rotatable bonds is 5. The van der Waals surface area contributed by atoms with Crippen molar-refractivity contribution in [1.82, 2.24) is 24.1 Å². The quantitative estimate of drug-likeness (QED) is 0.349. The number of esters is 1. The summed E-state index contributed by atoms with van der Waals surface area (Å²) in [6.45, 7) is 5.02. The molecule has 9 heteroatoms. The zero-order chi connectivity index (χ0) is 24.8. The van der Waals surface area contributed by atoms with Crippen molar-refractivity contribution >= 4 is 39.2 Å². The number of ether oxygens (including phenoxy) is 2. The van der Waals surface area contributed by atoms with Gasteiger partial charge in [0.2, 0.25) is 0 Å². The monoisotopic (exact) mass is 483 g/mol. The molecule has 6 rings (SSSR count). The van der Waals surface area contributed by atoms with Gasteiger partial charge in [0.25, 0.3) is 5.56 Å². The minimum atomic E-state index is -0.417. The van der Waals surface area contributed by atoms with Crippen molar-refractivity contribution in [3.8, 4) is 5.69 Å². The zero-order valence-corrected chi connectivity index (χ0v) is 20.1. The summed E-state index contributed by atoms with van der Waals surface area (Å²) in [6.07, 6.45) is 1.89. The van der Waals surface area contributed by atoms with E-state index in [1.807, 2.05) is 37.3 Å². The zero-order valence-electron chi connectivity index (χ0n) is 20.1. The Hall–Kier alpha value is -4.11. The summed E-state index contributed by atoms with van der Waals surface area (Å²) in [4.78, 5) is 40.9. The average Bonchev–Trinajstić information content (AvgIpc) is 3.51. The number of para-hydroxylation sites is 2. The van der Waals surface area contributed by atoms with Gasteiger partial charge in [-0.25, -0.2) is 19.7 Å². The van der Waals surface area contributed by atoms with Gasteiger partial charge in [0, 0.05) is 6.61 Å². The van der Waals surface area contributed by atoms with Crippen molar-refractivity contribution < 1.29 is 14.3 Å². The standard InChI is InChI=1S/C27H25N5O4/c1-3-35-27(34)17-8-6-9-18(14-17)32-24-22(23-25(32)30-21-12-5-4-11-20(21)29-23)26(33)31(16(2)28-24)15-19-10-7-13-36-19/h4-6,8-9,11-12,14,19H,3,7,10,13,15H2,1-2H3/t19-/m0/s1. The van der Waals surface area contributed by atoms with Crippen molar-refractivity contribution in [3.05, 3.63) is 70.3 Å². The number of benzene rings is 2. The summed E-state index contributed by atoms with van der Waals surface area (Å²) in [6, 6.07) is 14.6. The van der Waals surface area contributed by atoms with E-state index in [1.54, 1.807) is 34.3 Å². The van der Waals surface area contributed by atoms with Crippen LogP contribution in [0.25, 0.3) is 38.9 Å². The Bertz CT molecular complexity index is 1700. The summed E-state index contributed by atoms with van der Waals surface area (Å²) < 4.78 is 14.5. The number of carbonyl (C=O) groups excluding carboxylic acids is 1. The number of aryl methyl sites for hydroxylation is 1. The SMILES string of the molecule is CCOC(=O)c1cccc(-n2c3nc4ccccc4nc3c3c(=O)n(C[C@@H]4CCCO4)c(C)nc32)c1. The Balaban J connectivity index is 1.66. The van der Waals surface area contributed by atoms with E-state index in [-0.39, 0.29) is 18.3 Å². The first kappa shape index (κ1) is 22.4. The highest BCUT2D eigenvalue weighted by Crippen LogP contribution is 2.29. The molecule has 0 bridgehead atoms. The molecule has 0 unspecified atom stereocenters. The highest BCUT2D eigenvalue weighted by Gasteiger charge is 2.25. The largest absolute Gasteiger partial charge is 0.462 e. The van der Waals surface area contributed by atoms with E-state index < -0.39 is 5.97 Å². The lowest BCUT2D eigenvalue weighted by Crippen LogP contribution is -2.29. The smallest absolute Gasteiger partial charge is 0.338 e. The summed E-state index contributed by atoms with van der Waals surface area (Å²) in [5.74, 6) is 0.165. The molecule has 0 amide bonds. The number of hydrogen-bond donors (Lipinski definition) is 0. The fourth-order valence-corrected chi connectivity index (χ4v) is 4.87. The van der Waals surface area contributed by atoms with Gasteiger partial charge in [0.05, 0.1) is 41.5 Å². The molecule has 1 atom stereocenters. The van der Waals surface area contributed by atoms with Gasteiger partial charge in [-0.2, -0.15) is 0 Å². The van der Waals surface area contributed by atoms with Crippen LogP contribution in [0.4, 0.5) is 0 Å². The van der Waals surface area contributed by atoms with Gasteiger partial charge in [0.15, 0.2) is 11.3 Å². The van der Waals surface area contributed by atoms with E-state index in [1.165, 1.54) is 0 Å². The number of carbonyl (C=O) groups is 1. The van der Waals surface area contributed by atoms with Crippen molar-refractivity contribution in [2.24, 2.45) is 0 Å². The number of aromatic nitrogens is 5. The molecular weight excluding hydrogens is 458 g/mol. The fraction of sp³-hybridized carbons (Fsp3) is 0.296. The highest BCUT2D eigenvalue weighted by molar-refractivity contribution is 6.06. The third-order valence-electron chi connectivity index (χ3n) is 6.58. The Labute approximate surface area is 206 Å². The van der Waals surface area contributed by atoms with Crippen LogP contribution in [0.15, 0.2) is 53.3 Å². The van der Waals surface area contributed by atoms with Crippen LogP contribution in [0.2, 0.25) is 0 Å². The Morgan fingerprint density at radius 3 is 2.64 bits per heavy atom. The lowest BCUT2D eigenvalue weighted by molar-refractivity contribution is 0.0526. The van der Waals surface area contributed by atoms with Crippen LogP contribution >= 0.6 is 0 Å². The van der Waals surface area contributed by atoms with Crippen LogP contribution in [0, 0.1) is 6.92 Å². The number of fused-ring (bicyclic) bond motifs is 4. The molecule has 0 radical (unpaired) electrons. The Morgan fingerprint density at radius 1 is 1.08 bits per heavy atom. The van der Waals surface area contributed by atoms with Crippen molar-refractivity contribution in [2.45, 2.75) is 39.3 Å². The third kappa shape index (κ3) is 3.63. The van der Waals surface area contributed by atoms with Crippen molar-refractivity contribution in [1.29, 1.82) is 0 Å². The summed E-state index contributed by atoms with van der Waals surface area (Å²) in [5, 5.41) is 0.397. The maximum atomic E-state index is 13.9. The maximum absolute atomic E-state index is 13.9. The molecule has 9 nitrogen and oxygen atoms in total. The van der Waals surface area contributed by atoms with Gasteiger partial charge in [-0.15, -0.1) is 0 Å².